The van der Waals surface area contributed by atoms with Gasteiger partial charge in [0.2, 0.25) is 0 Å². The molecule has 0 unspecified atom stereocenters. The lowest BCUT2D eigenvalue weighted by Crippen LogP contribution is -2.26. The zero-order valence-electron chi connectivity index (χ0n) is 11.1. The summed E-state index contributed by atoms with van der Waals surface area (Å²) in [5.74, 6) is 0.904. The van der Waals surface area contributed by atoms with E-state index in [-0.39, 0.29) is 0 Å². The minimum atomic E-state index is 0.904. The normalized spacial score (nSPS) is 15.9. The van der Waals surface area contributed by atoms with Gasteiger partial charge in [-0.2, -0.15) is 0 Å². The molecule has 1 aromatic heterocycles. The zero-order chi connectivity index (χ0) is 13.1. The van der Waals surface area contributed by atoms with Gasteiger partial charge >= 0.3 is 0 Å². The summed E-state index contributed by atoms with van der Waals surface area (Å²) in [6.07, 6.45) is 5.32. The smallest absolute Gasteiger partial charge is 0.118 e. The summed E-state index contributed by atoms with van der Waals surface area (Å²) in [5, 5.41) is 3.47. The van der Waals surface area contributed by atoms with E-state index in [9.17, 15) is 0 Å². The Bertz CT molecular complexity index is 581. The largest absolute Gasteiger partial charge is 0.497 e. The quantitative estimate of drug-likeness (QED) is 0.911. The summed E-state index contributed by atoms with van der Waals surface area (Å²) < 4.78 is 7.46. The first kappa shape index (κ1) is 11.9. The number of rotatable bonds is 3. The van der Waals surface area contributed by atoms with Crippen LogP contribution < -0.4 is 10.1 Å². The number of benzene rings is 1. The third-order valence-electron chi connectivity index (χ3n) is 3.47. The SMILES string of the molecule is COc1ccc(CC=C2NCCn3cccc32)cc1. The van der Waals surface area contributed by atoms with Crippen molar-refractivity contribution in [2.45, 2.75) is 13.0 Å². The van der Waals surface area contributed by atoms with Crippen molar-refractivity contribution < 1.29 is 4.74 Å². The first-order valence-electron chi connectivity index (χ1n) is 6.59. The standard InChI is InChI=1S/C16H18N2O/c1-19-14-7-4-13(5-8-14)6-9-15-16-3-2-11-18(16)12-10-17-15/h2-5,7-9,11,17H,6,10,12H2,1H3. The Morgan fingerprint density at radius 3 is 2.89 bits per heavy atom. The van der Waals surface area contributed by atoms with Crippen molar-refractivity contribution in [1.82, 2.24) is 9.88 Å². The van der Waals surface area contributed by atoms with E-state index in [1.165, 1.54) is 17.0 Å². The van der Waals surface area contributed by atoms with Crippen LogP contribution in [0.4, 0.5) is 0 Å². The van der Waals surface area contributed by atoms with Crippen LogP contribution in [0.25, 0.3) is 5.70 Å². The molecule has 0 aliphatic carbocycles. The lowest BCUT2D eigenvalue weighted by molar-refractivity contribution is 0.414. The average Bonchev–Trinajstić information content (AvgIpc) is 2.94. The topological polar surface area (TPSA) is 26.2 Å². The number of ether oxygens (including phenoxy) is 1. The van der Waals surface area contributed by atoms with E-state index in [4.69, 9.17) is 4.74 Å². The van der Waals surface area contributed by atoms with Crippen molar-refractivity contribution in [2.75, 3.05) is 13.7 Å². The van der Waals surface area contributed by atoms with Gasteiger partial charge in [-0.15, -0.1) is 0 Å². The van der Waals surface area contributed by atoms with Crippen LogP contribution in [0.2, 0.25) is 0 Å². The summed E-state index contributed by atoms with van der Waals surface area (Å²) in [7, 11) is 1.69. The Labute approximate surface area is 113 Å². The number of allylic oxidation sites excluding steroid dienone is 1. The molecule has 1 aliphatic heterocycles. The fourth-order valence-corrected chi connectivity index (χ4v) is 2.41. The van der Waals surface area contributed by atoms with Gasteiger partial charge in [-0.3, -0.25) is 0 Å². The van der Waals surface area contributed by atoms with Gasteiger partial charge in [0.05, 0.1) is 18.5 Å². The minimum Gasteiger partial charge on any atom is -0.497 e. The van der Waals surface area contributed by atoms with Gasteiger partial charge in [0, 0.05) is 19.3 Å². The molecule has 19 heavy (non-hydrogen) atoms. The van der Waals surface area contributed by atoms with E-state index >= 15 is 0 Å². The van der Waals surface area contributed by atoms with Crippen LogP contribution in [0, 0.1) is 0 Å². The molecule has 2 aromatic rings. The molecule has 0 saturated carbocycles. The Morgan fingerprint density at radius 2 is 2.11 bits per heavy atom. The van der Waals surface area contributed by atoms with E-state index in [0.29, 0.717) is 0 Å². The summed E-state index contributed by atoms with van der Waals surface area (Å²) in [5.41, 5.74) is 3.80. The second-order valence-electron chi connectivity index (χ2n) is 4.68. The minimum absolute atomic E-state index is 0.904. The van der Waals surface area contributed by atoms with Crippen molar-refractivity contribution in [1.29, 1.82) is 0 Å². The number of nitrogens with one attached hydrogen (secondary N) is 1. The van der Waals surface area contributed by atoms with Crippen LogP contribution in [-0.2, 0) is 13.0 Å². The van der Waals surface area contributed by atoms with Crippen LogP contribution in [0.15, 0.2) is 48.7 Å². The molecule has 0 atom stereocenters. The van der Waals surface area contributed by atoms with Crippen LogP contribution in [0.1, 0.15) is 11.3 Å². The Hall–Kier alpha value is -2.16. The fourth-order valence-electron chi connectivity index (χ4n) is 2.41. The zero-order valence-corrected chi connectivity index (χ0v) is 11.1. The van der Waals surface area contributed by atoms with Gasteiger partial charge in [0.25, 0.3) is 0 Å². The highest BCUT2D eigenvalue weighted by atomic mass is 16.5. The second kappa shape index (κ2) is 5.22. The molecule has 1 aliphatic rings. The van der Waals surface area contributed by atoms with E-state index < -0.39 is 0 Å². The lowest BCUT2D eigenvalue weighted by atomic mass is 10.1. The molecule has 3 heteroatoms. The Kier molecular flexibility index (Phi) is 3.27. The molecule has 3 rings (SSSR count). The van der Waals surface area contributed by atoms with Crippen LogP contribution in [0.3, 0.4) is 0 Å². The number of fused-ring (bicyclic) bond motifs is 1. The number of methoxy groups -OCH3 is 1. The molecule has 0 bridgehead atoms. The van der Waals surface area contributed by atoms with Gasteiger partial charge < -0.3 is 14.6 Å². The number of nitrogens with zero attached hydrogens (tertiary/aromatic N) is 1. The van der Waals surface area contributed by atoms with E-state index in [1.807, 2.05) is 12.1 Å². The van der Waals surface area contributed by atoms with Crippen molar-refractivity contribution in [2.24, 2.45) is 0 Å². The van der Waals surface area contributed by atoms with Crippen LogP contribution in [-0.4, -0.2) is 18.2 Å². The van der Waals surface area contributed by atoms with Gasteiger partial charge in [0.1, 0.15) is 5.75 Å². The number of hydrogen-bond acceptors (Lipinski definition) is 2. The maximum atomic E-state index is 5.17. The third kappa shape index (κ3) is 2.50. The summed E-state index contributed by atoms with van der Waals surface area (Å²) in [6, 6.07) is 12.5. The molecular weight excluding hydrogens is 236 g/mol. The number of hydrogen-bond donors (Lipinski definition) is 1. The molecule has 1 N–H and O–H groups in total. The molecule has 0 radical (unpaired) electrons. The third-order valence-corrected chi connectivity index (χ3v) is 3.47. The van der Waals surface area contributed by atoms with Crippen LogP contribution >= 0.6 is 0 Å². The van der Waals surface area contributed by atoms with Gasteiger partial charge in [-0.05, 0) is 36.2 Å². The Morgan fingerprint density at radius 1 is 1.26 bits per heavy atom. The van der Waals surface area contributed by atoms with Crippen molar-refractivity contribution in [3.05, 3.63) is 59.9 Å². The molecular formula is C16H18N2O. The lowest BCUT2D eigenvalue weighted by Gasteiger charge is -2.20. The predicted molar refractivity (Wildman–Crippen MR) is 77.1 cm³/mol. The van der Waals surface area contributed by atoms with Crippen molar-refractivity contribution >= 4 is 5.70 Å². The van der Waals surface area contributed by atoms with Gasteiger partial charge in [0.15, 0.2) is 0 Å². The molecule has 0 fully saturated rings. The molecule has 3 nitrogen and oxygen atoms in total. The summed E-state index contributed by atoms with van der Waals surface area (Å²) in [4.78, 5) is 0. The average molecular weight is 254 g/mol. The summed E-state index contributed by atoms with van der Waals surface area (Å²) >= 11 is 0. The molecule has 0 amide bonds. The predicted octanol–water partition coefficient (Wildman–Crippen LogP) is 2.68. The molecule has 0 saturated heterocycles. The molecule has 1 aromatic carbocycles. The molecule has 0 spiro atoms. The fraction of sp³-hybridized carbons (Fsp3) is 0.250. The van der Waals surface area contributed by atoms with E-state index in [1.54, 1.807) is 7.11 Å². The van der Waals surface area contributed by atoms with Crippen LogP contribution in [0.5, 0.6) is 5.75 Å². The first-order valence-corrected chi connectivity index (χ1v) is 6.59. The van der Waals surface area contributed by atoms with Gasteiger partial charge in [-0.1, -0.05) is 18.2 Å². The maximum absolute atomic E-state index is 5.17. The highest BCUT2D eigenvalue weighted by Gasteiger charge is 2.11. The molecule has 2 heterocycles. The monoisotopic (exact) mass is 254 g/mol. The number of aromatic nitrogens is 1. The van der Waals surface area contributed by atoms with Crippen molar-refractivity contribution in [3.8, 4) is 5.75 Å². The molecule has 98 valence electrons. The van der Waals surface area contributed by atoms with E-state index in [2.05, 4.69) is 46.4 Å². The second-order valence-corrected chi connectivity index (χ2v) is 4.68. The Balaban J connectivity index is 1.76. The van der Waals surface area contributed by atoms with Gasteiger partial charge in [-0.25, -0.2) is 0 Å². The first-order chi connectivity index (χ1) is 9.36. The maximum Gasteiger partial charge on any atom is 0.118 e. The van der Waals surface area contributed by atoms with Crippen molar-refractivity contribution in [3.63, 3.8) is 0 Å². The summed E-state index contributed by atoms with van der Waals surface area (Å²) in [6.45, 7) is 2.04. The highest BCUT2D eigenvalue weighted by Crippen LogP contribution is 2.18. The van der Waals surface area contributed by atoms with E-state index in [0.717, 1.165) is 25.3 Å². The highest BCUT2D eigenvalue weighted by molar-refractivity contribution is 5.62.